The maximum Gasteiger partial charge on any atom is 0.283 e. The largest absolute Gasteiger partial charge is 0.389 e. The predicted octanol–water partition coefficient (Wildman–Crippen LogP) is -2.47. The molecule has 0 amide bonds. The molecular formula is C4H9NO5S. The van der Waals surface area contributed by atoms with Crippen LogP contribution in [0.1, 0.15) is 0 Å². The second-order valence-corrected chi connectivity index (χ2v) is 3.94. The first kappa shape index (κ1) is 8.88. The lowest BCUT2D eigenvalue weighted by molar-refractivity contribution is 0.0506. The molecule has 0 saturated carbocycles. The van der Waals surface area contributed by atoms with Crippen LogP contribution in [0.4, 0.5) is 0 Å². The smallest absolute Gasteiger partial charge is 0.283 e. The molecule has 1 saturated heterocycles. The van der Waals surface area contributed by atoms with Crippen LogP contribution < -0.4 is 5.32 Å². The van der Waals surface area contributed by atoms with Crippen LogP contribution in [0.5, 0.6) is 0 Å². The predicted molar refractivity (Wildman–Crippen MR) is 35.4 cm³/mol. The zero-order chi connectivity index (χ0) is 8.65. The quantitative estimate of drug-likeness (QED) is 0.335. The highest BCUT2D eigenvalue weighted by molar-refractivity contribution is 7.86. The zero-order valence-electron chi connectivity index (χ0n) is 5.51. The van der Waals surface area contributed by atoms with Gasteiger partial charge in [0.2, 0.25) is 0 Å². The summed E-state index contributed by atoms with van der Waals surface area (Å²) in [5.41, 5.74) is 0. The van der Waals surface area contributed by atoms with E-state index in [9.17, 15) is 8.42 Å². The fourth-order valence-corrected chi connectivity index (χ4v) is 1.80. The Morgan fingerprint density at radius 2 is 1.91 bits per heavy atom. The van der Waals surface area contributed by atoms with E-state index in [1.165, 1.54) is 0 Å². The van der Waals surface area contributed by atoms with Crippen LogP contribution in [0, 0.1) is 0 Å². The van der Waals surface area contributed by atoms with Crippen LogP contribution in [0.25, 0.3) is 0 Å². The molecule has 7 heteroatoms. The van der Waals surface area contributed by atoms with E-state index in [0.29, 0.717) is 0 Å². The fourth-order valence-electron chi connectivity index (χ4n) is 0.962. The standard InChI is InChI=1S/C4H9NO5S/c6-2-1-5-4(3(2)7)11(8,9)10/h2-7H,1H2,(H,8,9,10)/t2-,3+,4?/m0/s1. The minimum atomic E-state index is -4.31. The summed E-state index contributed by atoms with van der Waals surface area (Å²) in [6.07, 6.45) is -2.59. The van der Waals surface area contributed by atoms with Crippen LogP contribution in [0.3, 0.4) is 0 Å². The normalized spacial score (nSPS) is 39.4. The van der Waals surface area contributed by atoms with Crippen LogP contribution >= 0.6 is 0 Å². The third kappa shape index (κ3) is 1.68. The van der Waals surface area contributed by atoms with E-state index in [4.69, 9.17) is 14.8 Å². The van der Waals surface area contributed by atoms with Crippen LogP contribution in [-0.4, -0.2) is 47.3 Å². The highest BCUT2D eigenvalue weighted by atomic mass is 32.2. The molecule has 1 fully saturated rings. The van der Waals surface area contributed by atoms with Crippen LogP contribution in [-0.2, 0) is 10.1 Å². The molecule has 0 spiro atoms. The molecule has 0 radical (unpaired) electrons. The molecule has 0 aromatic carbocycles. The third-order valence-electron chi connectivity index (χ3n) is 1.55. The van der Waals surface area contributed by atoms with Gasteiger partial charge in [0, 0.05) is 6.54 Å². The fraction of sp³-hybridized carbons (Fsp3) is 1.00. The molecule has 1 rings (SSSR count). The summed E-state index contributed by atoms with van der Waals surface area (Å²) in [6.45, 7) is -0.0361. The number of hydrogen-bond donors (Lipinski definition) is 4. The van der Waals surface area contributed by atoms with E-state index in [0.717, 1.165) is 0 Å². The molecule has 1 unspecified atom stereocenters. The summed E-state index contributed by atoms with van der Waals surface area (Å²) < 4.78 is 29.3. The van der Waals surface area contributed by atoms with E-state index in [1.807, 2.05) is 0 Å². The van der Waals surface area contributed by atoms with Crippen molar-refractivity contribution in [1.29, 1.82) is 0 Å². The molecule has 0 aliphatic carbocycles. The molecular weight excluding hydrogens is 174 g/mol. The Hall–Kier alpha value is -0.210. The maximum atomic E-state index is 10.4. The summed E-state index contributed by atoms with van der Waals surface area (Å²) in [6, 6.07) is 0. The van der Waals surface area contributed by atoms with E-state index >= 15 is 0 Å². The van der Waals surface area contributed by atoms with Gasteiger partial charge in [0.15, 0.2) is 5.37 Å². The van der Waals surface area contributed by atoms with Crippen molar-refractivity contribution in [2.75, 3.05) is 6.54 Å². The summed E-state index contributed by atoms with van der Waals surface area (Å²) >= 11 is 0. The van der Waals surface area contributed by atoms with Crippen molar-refractivity contribution in [3.63, 3.8) is 0 Å². The number of rotatable bonds is 1. The Balaban J connectivity index is 2.78. The lowest BCUT2D eigenvalue weighted by atomic mass is 10.3. The second-order valence-electron chi connectivity index (χ2n) is 2.40. The topological polar surface area (TPSA) is 107 Å². The van der Waals surface area contributed by atoms with Gasteiger partial charge in [-0.1, -0.05) is 0 Å². The molecule has 0 aromatic heterocycles. The summed E-state index contributed by atoms with van der Waals surface area (Å²) in [5.74, 6) is 0. The summed E-state index contributed by atoms with van der Waals surface area (Å²) in [7, 11) is -4.31. The van der Waals surface area contributed by atoms with Crippen molar-refractivity contribution in [3.05, 3.63) is 0 Å². The molecule has 66 valence electrons. The Morgan fingerprint density at radius 1 is 1.36 bits per heavy atom. The van der Waals surface area contributed by atoms with Gasteiger partial charge in [-0.15, -0.1) is 0 Å². The molecule has 3 atom stereocenters. The molecule has 0 bridgehead atoms. The number of β-amino-alcohol motifs (C(OH)–C–C–N with tert-alkyl or cyclic N) is 1. The van der Waals surface area contributed by atoms with Crippen molar-refractivity contribution in [2.45, 2.75) is 17.6 Å². The molecule has 1 heterocycles. The van der Waals surface area contributed by atoms with Gasteiger partial charge in [0.1, 0.15) is 6.10 Å². The summed E-state index contributed by atoms with van der Waals surface area (Å²) in [4.78, 5) is 0. The lowest BCUT2D eigenvalue weighted by Crippen LogP contribution is -2.39. The van der Waals surface area contributed by atoms with Crippen molar-refractivity contribution in [2.24, 2.45) is 0 Å². The number of nitrogens with one attached hydrogen (secondary N) is 1. The van der Waals surface area contributed by atoms with E-state index < -0.39 is 27.7 Å². The molecule has 6 nitrogen and oxygen atoms in total. The van der Waals surface area contributed by atoms with Gasteiger partial charge in [0.05, 0.1) is 6.10 Å². The maximum absolute atomic E-state index is 10.4. The van der Waals surface area contributed by atoms with Gasteiger partial charge in [-0.3, -0.25) is 9.87 Å². The monoisotopic (exact) mass is 183 g/mol. The van der Waals surface area contributed by atoms with Gasteiger partial charge < -0.3 is 10.2 Å². The molecule has 0 aromatic rings. The van der Waals surface area contributed by atoms with Crippen molar-refractivity contribution < 1.29 is 23.2 Å². The minimum absolute atomic E-state index is 0.0361. The Morgan fingerprint density at radius 3 is 2.09 bits per heavy atom. The average molecular weight is 183 g/mol. The molecule has 1 aliphatic heterocycles. The second kappa shape index (κ2) is 2.68. The van der Waals surface area contributed by atoms with Crippen molar-refractivity contribution in [1.82, 2.24) is 5.32 Å². The van der Waals surface area contributed by atoms with Gasteiger partial charge in [-0.05, 0) is 0 Å². The molecule has 11 heavy (non-hydrogen) atoms. The SMILES string of the molecule is O=S(=O)(O)C1NC[C@H](O)[C@H]1O. The van der Waals surface area contributed by atoms with E-state index in [1.54, 1.807) is 0 Å². The Bertz CT molecular complexity index is 237. The van der Waals surface area contributed by atoms with E-state index in [-0.39, 0.29) is 6.54 Å². The highest BCUT2D eigenvalue weighted by Crippen LogP contribution is 2.11. The minimum Gasteiger partial charge on any atom is -0.389 e. The lowest BCUT2D eigenvalue weighted by Gasteiger charge is -2.11. The van der Waals surface area contributed by atoms with Gasteiger partial charge in [-0.2, -0.15) is 8.42 Å². The van der Waals surface area contributed by atoms with Gasteiger partial charge in [-0.25, -0.2) is 0 Å². The van der Waals surface area contributed by atoms with E-state index in [2.05, 4.69) is 5.32 Å². The Kier molecular flexibility index (Phi) is 2.17. The number of hydrogen-bond acceptors (Lipinski definition) is 5. The first-order valence-corrected chi connectivity index (χ1v) is 4.49. The highest BCUT2D eigenvalue weighted by Gasteiger charge is 2.40. The van der Waals surface area contributed by atoms with Crippen LogP contribution in [0.2, 0.25) is 0 Å². The number of aliphatic hydroxyl groups excluding tert-OH is 2. The molecule has 1 aliphatic rings. The van der Waals surface area contributed by atoms with Crippen molar-refractivity contribution in [3.8, 4) is 0 Å². The Labute approximate surface area is 63.6 Å². The van der Waals surface area contributed by atoms with Crippen LogP contribution in [0.15, 0.2) is 0 Å². The number of aliphatic hydroxyl groups is 2. The molecule has 4 N–H and O–H groups in total. The van der Waals surface area contributed by atoms with Gasteiger partial charge >= 0.3 is 0 Å². The van der Waals surface area contributed by atoms with Gasteiger partial charge in [0.25, 0.3) is 10.1 Å². The zero-order valence-corrected chi connectivity index (χ0v) is 6.32. The first-order valence-electron chi connectivity index (χ1n) is 2.99. The van der Waals surface area contributed by atoms with Crippen molar-refractivity contribution >= 4 is 10.1 Å². The summed E-state index contributed by atoms with van der Waals surface area (Å²) in [5, 5.41) is 18.6. The average Bonchev–Trinajstić information content (AvgIpc) is 2.11. The first-order chi connectivity index (χ1) is 4.93. The third-order valence-corrected chi connectivity index (χ3v) is 2.64.